The van der Waals surface area contributed by atoms with Crippen molar-refractivity contribution in [1.29, 1.82) is 0 Å². The van der Waals surface area contributed by atoms with Gasteiger partial charge in [0.15, 0.2) is 0 Å². The molecule has 0 spiro atoms. The van der Waals surface area contributed by atoms with E-state index in [1.807, 2.05) is 0 Å². The maximum Gasteiger partial charge on any atom is 0.306 e. The van der Waals surface area contributed by atoms with E-state index in [1.165, 1.54) is 0 Å². The molecule has 2 aliphatic rings. The normalized spacial score (nSPS) is 20.0. The molecule has 2 saturated heterocycles. The van der Waals surface area contributed by atoms with Gasteiger partial charge in [0.1, 0.15) is 23.7 Å². The van der Waals surface area contributed by atoms with Gasteiger partial charge in [-0.3, -0.25) is 19.4 Å². The average Bonchev–Trinajstić information content (AvgIpc) is 3.07. The maximum atomic E-state index is 13.4. The third-order valence-electron chi connectivity index (χ3n) is 14.2. The largest absolute Gasteiger partial charge is 0.507 e. The standard InChI is InChI=1S/C56H92N2O6/c1-49(2,3)41-29-37(30-42(47(41)61)50(4,5)6)23-25-45(59)63-39-33-53(13,14)57(54(15,16)34-39)27-21-22-28-58-55(17,18)35-40(36-56(58,19)20)64-46(60)26-24-38-31-43(51(7,8)9)48(62)44(32-38)52(10,11)12/h29-32,39-40,61-62H,21-28,33-36H2,1-20H3. The fourth-order valence-corrected chi connectivity index (χ4v) is 11.3. The Morgan fingerprint density at radius 3 is 0.953 bits per heavy atom. The van der Waals surface area contributed by atoms with Crippen molar-refractivity contribution in [3.63, 3.8) is 0 Å². The van der Waals surface area contributed by atoms with Crippen LogP contribution in [0.4, 0.5) is 0 Å². The predicted octanol–water partition coefficient (Wildman–Crippen LogP) is 12.8. The molecule has 2 fully saturated rings. The fourth-order valence-electron chi connectivity index (χ4n) is 11.3. The second-order valence-corrected chi connectivity index (χ2v) is 26.4. The number of ether oxygens (including phenoxy) is 2. The number of esters is 2. The summed E-state index contributed by atoms with van der Waals surface area (Å²) in [7, 11) is 0. The Kier molecular flexibility index (Phi) is 15.8. The molecule has 8 heteroatoms. The number of aryl methyl sites for hydroxylation is 2. The Bertz CT molecular complexity index is 1710. The number of hydrogen-bond acceptors (Lipinski definition) is 8. The minimum Gasteiger partial charge on any atom is -0.507 e. The van der Waals surface area contributed by atoms with Crippen LogP contribution in [0.3, 0.4) is 0 Å². The SMILES string of the molecule is CC(C)(C)c1cc(CCC(=O)OC2CC(C)(C)N(CCCCN3C(C)(C)CC(OC(=O)CCc4cc(C(C)(C)C)c(O)c(C(C)(C)C)c4)CC3(C)C)C(C)(C)C2)cc(C(C)(C)C)c1O. The Morgan fingerprint density at radius 1 is 0.500 bits per heavy atom. The van der Waals surface area contributed by atoms with Gasteiger partial charge in [-0.2, -0.15) is 0 Å². The molecular weight excluding hydrogens is 797 g/mol. The van der Waals surface area contributed by atoms with Crippen molar-refractivity contribution < 1.29 is 29.3 Å². The van der Waals surface area contributed by atoms with Crippen molar-refractivity contribution in [2.45, 2.75) is 259 Å². The minimum absolute atomic E-state index is 0.139. The molecule has 4 rings (SSSR count). The van der Waals surface area contributed by atoms with Gasteiger partial charge in [0.05, 0.1) is 0 Å². The topological polar surface area (TPSA) is 99.5 Å². The molecule has 0 bridgehead atoms. The van der Waals surface area contributed by atoms with Gasteiger partial charge in [0, 0.05) is 60.7 Å². The molecule has 362 valence electrons. The van der Waals surface area contributed by atoms with Gasteiger partial charge in [-0.05, 0) is 149 Å². The summed E-state index contributed by atoms with van der Waals surface area (Å²) in [6.45, 7) is 45.7. The monoisotopic (exact) mass is 889 g/mol. The molecule has 64 heavy (non-hydrogen) atoms. The van der Waals surface area contributed by atoms with Crippen LogP contribution in [0, 0.1) is 0 Å². The quantitative estimate of drug-likeness (QED) is 0.152. The first-order valence-corrected chi connectivity index (χ1v) is 24.5. The van der Waals surface area contributed by atoms with Crippen LogP contribution in [0.15, 0.2) is 24.3 Å². The summed E-state index contributed by atoms with van der Waals surface area (Å²) in [4.78, 5) is 32.1. The highest BCUT2D eigenvalue weighted by molar-refractivity contribution is 5.70. The molecule has 2 heterocycles. The summed E-state index contributed by atoms with van der Waals surface area (Å²) in [5.41, 5.74) is 4.34. The van der Waals surface area contributed by atoms with Gasteiger partial charge in [-0.1, -0.05) is 107 Å². The number of rotatable bonds is 13. The second-order valence-electron chi connectivity index (χ2n) is 26.4. The van der Waals surface area contributed by atoms with Crippen molar-refractivity contribution in [3.8, 4) is 11.5 Å². The first-order valence-electron chi connectivity index (χ1n) is 24.5. The highest BCUT2D eigenvalue weighted by Gasteiger charge is 2.48. The van der Waals surface area contributed by atoms with Gasteiger partial charge >= 0.3 is 11.9 Å². The molecular formula is C56H92N2O6. The van der Waals surface area contributed by atoms with E-state index in [9.17, 15) is 19.8 Å². The molecule has 0 saturated carbocycles. The first kappa shape index (κ1) is 53.5. The lowest BCUT2D eigenvalue weighted by Gasteiger charge is -2.56. The summed E-state index contributed by atoms with van der Waals surface area (Å²) in [5.74, 6) is 0.406. The van der Waals surface area contributed by atoms with Gasteiger partial charge in [-0.15, -0.1) is 0 Å². The molecule has 2 aromatic carbocycles. The van der Waals surface area contributed by atoms with E-state index in [2.05, 4.69) is 173 Å². The van der Waals surface area contributed by atoms with E-state index in [1.54, 1.807) is 0 Å². The summed E-state index contributed by atoms with van der Waals surface area (Å²) >= 11 is 0. The molecule has 2 aliphatic heterocycles. The van der Waals surface area contributed by atoms with Crippen LogP contribution in [0.2, 0.25) is 0 Å². The molecule has 0 atom stereocenters. The second kappa shape index (κ2) is 18.9. The smallest absolute Gasteiger partial charge is 0.306 e. The number of carbonyl (C=O) groups is 2. The lowest BCUT2D eigenvalue weighted by Crippen LogP contribution is -2.63. The number of aromatic hydroxyl groups is 2. The number of nitrogens with zero attached hydrogens (tertiary/aromatic N) is 2. The van der Waals surface area contributed by atoms with Gasteiger partial charge in [0.2, 0.25) is 0 Å². The van der Waals surface area contributed by atoms with Crippen LogP contribution in [-0.4, -0.2) is 79.4 Å². The van der Waals surface area contributed by atoms with Gasteiger partial charge in [-0.25, -0.2) is 0 Å². The summed E-state index contributed by atoms with van der Waals surface area (Å²) in [6.07, 6.45) is 6.77. The number of likely N-dealkylation sites (tertiary alicyclic amines) is 2. The predicted molar refractivity (Wildman–Crippen MR) is 265 cm³/mol. The molecule has 0 radical (unpaired) electrons. The Hall–Kier alpha value is -3.10. The van der Waals surface area contributed by atoms with Gasteiger partial charge < -0.3 is 19.7 Å². The first-order chi connectivity index (χ1) is 28.8. The van der Waals surface area contributed by atoms with Crippen LogP contribution in [0.1, 0.15) is 223 Å². The number of piperidine rings is 2. The lowest BCUT2D eigenvalue weighted by molar-refractivity contribution is -0.162. The molecule has 0 unspecified atom stereocenters. The third kappa shape index (κ3) is 13.3. The zero-order valence-electron chi connectivity index (χ0n) is 44.4. The number of hydrogen-bond donors (Lipinski definition) is 2. The van der Waals surface area contributed by atoms with Crippen molar-refractivity contribution in [2.75, 3.05) is 13.1 Å². The maximum absolute atomic E-state index is 13.4. The summed E-state index contributed by atoms with van der Waals surface area (Å²) in [6, 6.07) is 8.26. The van der Waals surface area contributed by atoms with E-state index >= 15 is 0 Å². The van der Waals surface area contributed by atoms with Crippen LogP contribution < -0.4 is 0 Å². The van der Waals surface area contributed by atoms with Crippen LogP contribution in [0.25, 0.3) is 0 Å². The lowest BCUT2D eigenvalue weighted by atomic mass is 9.77. The Balaban J connectivity index is 1.30. The number of carbonyl (C=O) groups excluding carboxylic acids is 2. The molecule has 0 amide bonds. The highest BCUT2D eigenvalue weighted by atomic mass is 16.5. The average molecular weight is 889 g/mol. The van der Waals surface area contributed by atoms with E-state index in [-0.39, 0.29) is 68.0 Å². The summed E-state index contributed by atoms with van der Waals surface area (Å²) in [5, 5.41) is 22.3. The van der Waals surface area contributed by atoms with Gasteiger partial charge in [0.25, 0.3) is 0 Å². The molecule has 0 aliphatic carbocycles. The Labute approximate surface area is 390 Å². The number of phenolic OH excluding ortho intramolecular Hbond substituents is 2. The van der Waals surface area contributed by atoms with Crippen LogP contribution >= 0.6 is 0 Å². The van der Waals surface area contributed by atoms with E-state index in [0.717, 1.165) is 85.0 Å². The number of unbranched alkanes of at least 4 members (excludes halogenated alkanes) is 1. The third-order valence-corrected chi connectivity index (χ3v) is 14.2. The van der Waals surface area contributed by atoms with E-state index in [4.69, 9.17) is 9.47 Å². The van der Waals surface area contributed by atoms with Crippen molar-refractivity contribution >= 4 is 11.9 Å². The van der Waals surface area contributed by atoms with Crippen molar-refractivity contribution in [3.05, 3.63) is 57.6 Å². The molecule has 2 N–H and O–H groups in total. The van der Waals surface area contributed by atoms with Crippen molar-refractivity contribution in [1.82, 2.24) is 9.80 Å². The van der Waals surface area contributed by atoms with E-state index in [0.29, 0.717) is 37.2 Å². The van der Waals surface area contributed by atoms with Crippen LogP contribution in [-0.2, 0) is 53.6 Å². The highest BCUT2D eigenvalue weighted by Crippen LogP contribution is 2.44. The van der Waals surface area contributed by atoms with Crippen LogP contribution in [0.5, 0.6) is 11.5 Å². The number of phenols is 2. The molecule has 8 nitrogen and oxygen atoms in total. The zero-order chi connectivity index (χ0) is 48.8. The van der Waals surface area contributed by atoms with Crippen molar-refractivity contribution in [2.24, 2.45) is 0 Å². The number of benzene rings is 2. The Morgan fingerprint density at radius 2 is 0.734 bits per heavy atom. The minimum atomic E-state index is -0.221. The van der Waals surface area contributed by atoms with E-state index < -0.39 is 0 Å². The summed E-state index contributed by atoms with van der Waals surface area (Å²) < 4.78 is 12.5. The zero-order valence-corrected chi connectivity index (χ0v) is 44.4. The molecule has 0 aromatic heterocycles. The fraction of sp³-hybridized carbons (Fsp3) is 0.750. The molecule has 2 aromatic rings.